The van der Waals surface area contributed by atoms with E-state index in [9.17, 15) is 9.59 Å². The lowest BCUT2D eigenvalue weighted by molar-refractivity contribution is -0.125. The summed E-state index contributed by atoms with van der Waals surface area (Å²) < 4.78 is 1.00. The van der Waals surface area contributed by atoms with Gasteiger partial charge >= 0.3 is 6.03 Å². The predicted molar refractivity (Wildman–Crippen MR) is 60.6 cm³/mol. The van der Waals surface area contributed by atoms with E-state index >= 15 is 0 Å². The Labute approximate surface area is 99.6 Å². The van der Waals surface area contributed by atoms with Crippen molar-refractivity contribution in [1.82, 2.24) is 9.80 Å². The highest BCUT2D eigenvalue weighted by Gasteiger charge is 2.33. The molecule has 15 heavy (non-hydrogen) atoms. The Morgan fingerprint density at radius 3 is 2.67 bits per heavy atom. The standard InChI is InChI=1S/C9H9BrN2O2S/c1-11-5-8(13)12(9(11)14)4-6-2-3-7(10)15-6/h2-3H,4-5H2,1H3. The number of urea groups is 1. The van der Waals surface area contributed by atoms with E-state index in [0.717, 1.165) is 8.66 Å². The fourth-order valence-electron chi connectivity index (χ4n) is 1.42. The van der Waals surface area contributed by atoms with Gasteiger partial charge in [0.15, 0.2) is 0 Å². The van der Waals surface area contributed by atoms with Crippen LogP contribution in [0.25, 0.3) is 0 Å². The summed E-state index contributed by atoms with van der Waals surface area (Å²) >= 11 is 4.88. The second-order valence-electron chi connectivity index (χ2n) is 3.32. The maximum atomic E-state index is 11.6. The largest absolute Gasteiger partial charge is 0.327 e. The third-order valence-electron chi connectivity index (χ3n) is 2.17. The lowest BCUT2D eigenvalue weighted by Gasteiger charge is -2.12. The quantitative estimate of drug-likeness (QED) is 0.780. The van der Waals surface area contributed by atoms with Gasteiger partial charge in [0.1, 0.15) is 6.54 Å². The summed E-state index contributed by atoms with van der Waals surface area (Å²) in [5, 5.41) is 0. The lowest BCUT2D eigenvalue weighted by Crippen LogP contribution is -2.30. The number of nitrogens with zero attached hydrogens (tertiary/aromatic N) is 2. The van der Waals surface area contributed by atoms with Crippen LogP contribution in [-0.4, -0.2) is 35.3 Å². The first kappa shape index (κ1) is 10.6. The molecule has 0 radical (unpaired) electrons. The summed E-state index contributed by atoms with van der Waals surface area (Å²) in [6.07, 6.45) is 0. The minimum absolute atomic E-state index is 0.132. The van der Waals surface area contributed by atoms with Crippen molar-refractivity contribution in [3.63, 3.8) is 0 Å². The number of carbonyl (C=O) groups is 2. The smallest absolute Gasteiger partial charge is 0.318 e. The molecule has 0 saturated carbocycles. The average molecular weight is 289 g/mol. The Bertz CT molecular complexity index is 418. The van der Waals surface area contributed by atoms with E-state index in [1.165, 1.54) is 21.1 Å². The molecular weight excluding hydrogens is 280 g/mol. The molecular formula is C9H9BrN2O2S. The van der Waals surface area contributed by atoms with E-state index in [-0.39, 0.29) is 18.5 Å². The Balaban J connectivity index is 2.12. The molecule has 80 valence electrons. The van der Waals surface area contributed by atoms with Crippen LogP contribution in [0.15, 0.2) is 15.9 Å². The molecule has 4 nitrogen and oxygen atoms in total. The monoisotopic (exact) mass is 288 g/mol. The average Bonchev–Trinajstić information content (AvgIpc) is 2.67. The van der Waals surface area contributed by atoms with E-state index < -0.39 is 0 Å². The SMILES string of the molecule is CN1CC(=O)N(Cc2ccc(Br)s2)C1=O. The van der Waals surface area contributed by atoms with Crippen molar-refractivity contribution in [3.05, 3.63) is 20.8 Å². The van der Waals surface area contributed by atoms with Gasteiger partial charge in [0, 0.05) is 11.9 Å². The van der Waals surface area contributed by atoms with Gasteiger partial charge < -0.3 is 4.90 Å². The Hall–Kier alpha value is -0.880. The summed E-state index contributed by atoms with van der Waals surface area (Å²) in [5.41, 5.74) is 0. The van der Waals surface area contributed by atoms with Crippen LogP contribution in [0.3, 0.4) is 0 Å². The van der Waals surface area contributed by atoms with E-state index in [4.69, 9.17) is 0 Å². The zero-order chi connectivity index (χ0) is 11.0. The van der Waals surface area contributed by atoms with Crippen molar-refractivity contribution in [2.45, 2.75) is 6.54 Å². The van der Waals surface area contributed by atoms with Crippen LogP contribution in [0.1, 0.15) is 4.88 Å². The lowest BCUT2D eigenvalue weighted by atomic mass is 10.4. The molecule has 0 aliphatic carbocycles. The first-order chi connectivity index (χ1) is 7.08. The van der Waals surface area contributed by atoms with Crippen molar-refractivity contribution in [3.8, 4) is 0 Å². The maximum absolute atomic E-state index is 11.6. The van der Waals surface area contributed by atoms with Gasteiger partial charge in [-0.3, -0.25) is 9.69 Å². The van der Waals surface area contributed by atoms with Gasteiger partial charge in [-0.2, -0.15) is 0 Å². The van der Waals surface area contributed by atoms with Gasteiger partial charge in [-0.05, 0) is 28.1 Å². The summed E-state index contributed by atoms with van der Waals surface area (Å²) in [6.45, 7) is 0.559. The molecule has 1 aromatic rings. The minimum atomic E-state index is -0.218. The normalized spacial score (nSPS) is 16.7. The molecule has 1 aliphatic rings. The molecule has 1 saturated heterocycles. The van der Waals surface area contributed by atoms with Crippen LogP contribution < -0.4 is 0 Å². The van der Waals surface area contributed by atoms with Gasteiger partial charge in [0.05, 0.1) is 10.3 Å². The highest BCUT2D eigenvalue weighted by molar-refractivity contribution is 9.11. The zero-order valence-corrected chi connectivity index (χ0v) is 10.5. The van der Waals surface area contributed by atoms with Crippen LogP contribution >= 0.6 is 27.3 Å². The first-order valence-corrected chi connectivity index (χ1v) is 5.98. The summed E-state index contributed by atoms with van der Waals surface area (Å²) in [4.78, 5) is 26.7. The number of likely N-dealkylation sites (N-methyl/N-ethyl adjacent to an activating group) is 1. The number of carbonyl (C=O) groups excluding carboxylic acids is 2. The number of rotatable bonds is 2. The van der Waals surface area contributed by atoms with Gasteiger partial charge in [-0.1, -0.05) is 0 Å². The topological polar surface area (TPSA) is 40.6 Å². The number of halogens is 1. The summed E-state index contributed by atoms with van der Waals surface area (Å²) in [5.74, 6) is -0.132. The van der Waals surface area contributed by atoms with Crippen molar-refractivity contribution in [2.24, 2.45) is 0 Å². The zero-order valence-electron chi connectivity index (χ0n) is 8.07. The van der Waals surface area contributed by atoms with E-state index in [2.05, 4.69) is 15.9 Å². The Morgan fingerprint density at radius 2 is 2.20 bits per heavy atom. The molecule has 2 rings (SSSR count). The van der Waals surface area contributed by atoms with E-state index in [1.54, 1.807) is 7.05 Å². The molecule has 0 atom stereocenters. The van der Waals surface area contributed by atoms with Crippen molar-refractivity contribution in [1.29, 1.82) is 0 Å². The van der Waals surface area contributed by atoms with Gasteiger partial charge in [0.25, 0.3) is 5.91 Å². The fourth-order valence-corrected chi connectivity index (χ4v) is 2.89. The molecule has 3 amide bonds. The summed E-state index contributed by atoms with van der Waals surface area (Å²) in [6, 6.07) is 3.60. The predicted octanol–water partition coefficient (Wildman–Crippen LogP) is 1.90. The maximum Gasteiger partial charge on any atom is 0.327 e. The van der Waals surface area contributed by atoms with Crippen molar-refractivity contribution in [2.75, 3.05) is 13.6 Å². The highest BCUT2D eigenvalue weighted by Crippen LogP contribution is 2.24. The Kier molecular flexibility index (Phi) is 2.79. The second-order valence-corrected chi connectivity index (χ2v) is 5.87. The van der Waals surface area contributed by atoms with Crippen molar-refractivity contribution < 1.29 is 9.59 Å². The third kappa shape index (κ3) is 2.05. The third-order valence-corrected chi connectivity index (χ3v) is 3.78. The van der Waals surface area contributed by atoms with Crippen molar-refractivity contribution >= 4 is 39.2 Å². The highest BCUT2D eigenvalue weighted by atomic mass is 79.9. The molecule has 1 aromatic heterocycles. The number of hydrogen-bond acceptors (Lipinski definition) is 3. The summed E-state index contributed by atoms with van der Waals surface area (Å²) in [7, 11) is 1.63. The van der Waals surface area contributed by atoms with Gasteiger partial charge in [0.2, 0.25) is 0 Å². The molecule has 0 spiro atoms. The molecule has 0 bridgehead atoms. The number of imide groups is 1. The number of hydrogen-bond donors (Lipinski definition) is 0. The van der Waals surface area contributed by atoms with Gasteiger partial charge in [-0.15, -0.1) is 11.3 Å². The second kappa shape index (κ2) is 3.94. The van der Waals surface area contributed by atoms with E-state index in [0.29, 0.717) is 6.54 Å². The van der Waals surface area contributed by atoms with Crippen LogP contribution in [0.4, 0.5) is 4.79 Å². The van der Waals surface area contributed by atoms with Gasteiger partial charge in [-0.25, -0.2) is 4.79 Å². The molecule has 1 fully saturated rings. The molecule has 2 heterocycles. The fraction of sp³-hybridized carbons (Fsp3) is 0.333. The molecule has 6 heteroatoms. The van der Waals surface area contributed by atoms with Crippen LogP contribution in [0, 0.1) is 0 Å². The molecule has 0 N–H and O–H groups in total. The van der Waals surface area contributed by atoms with Crippen LogP contribution in [-0.2, 0) is 11.3 Å². The van der Waals surface area contributed by atoms with E-state index in [1.807, 2.05) is 12.1 Å². The van der Waals surface area contributed by atoms with Crippen LogP contribution in [0.2, 0.25) is 0 Å². The van der Waals surface area contributed by atoms with Crippen LogP contribution in [0.5, 0.6) is 0 Å². The number of amides is 3. The first-order valence-electron chi connectivity index (χ1n) is 4.37. The molecule has 1 aliphatic heterocycles. The molecule has 0 aromatic carbocycles. The Morgan fingerprint density at radius 1 is 1.47 bits per heavy atom. The minimum Gasteiger partial charge on any atom is -0.318 e. The molecule has 0 unspecified atom stereocenters. The number of thiophene rings is 1.